The minimum atomic E-state index is -0.638. The Balaban J connectivity index is 2.29. The minimum Gasteiger partial charge on any atom is -0.507 e. The van der Waals surface area contributed by atoms with Gasteiger partial charge in [-0.15, -0.1) is 0 Å². The zero-order chi connectivity index (χ0) is 22.9. The van der Waals surface area contributed by atoms with Crippen LogP contribution >= 0.6 is 0 Å². The Morgan fingerprint density at radius 1 is 1.13 bits per heavy atom. The van der Waals surface area contributed by atoms with Crippen LogP contribution in [0, 0.1) is 13.8 Å². The molecule has 2 aromatic rings. The number of ketones is 1. The topological polar surface area (TPSA) is 66.8 Å². The van der Waals surface area contributed by atoms with Crippen molar-refractivity contribution in [2.45, 2.75) is 53.0 Å². The number of benzene rings is 2. The van der Waals surface area contributed by atoms with Crippen molar-refractivity contribution in [3.05, 3.63) is 69.8 Å². The molecule has 0 saturated carbocycles. The number of hydrogen-bond donors (Lipinski definition) is 1. The number of methoxy groups -OCH3 is 1. The lowest BCUT2D eigenvalue weighted by atomic mass is 9.90. The van der Waals surface area contributed by atoms with Crippen LogP contribution in [0.2, 0.25) is 0 Å². The summed E-state index contributed by atoms with van der Waals surface area (Å²) in [5.74, 6) is -0.428. The van der Waals surface area contributed by atoms with Gasteiger partial charge >= 0.3 is 0 Å². The number of amides is 1. The first kappa shape index (κ1) is 22.6. The molecule has 5 nitrogen and oxygen atoms in total. The molecule has 1 heterocycles. The van der Waals surface area contributed by atoms with Crippen LogP contribution in [-0.4, -0.2) is 35.4 Å². The maximum Gasteiger partial charge on any atom is 0.295 e. The van der Waals surface area contributed by atoms with E-state index in [0.717, 1.165) is 28.0 Å². The van der Waals surface area contributed by atoms with E-state index in [1.165, 1.54) is 0 Å². The number of hydrogen-bond acceptors (Lipinski definition) is 4. The van der Waals surface area contributed by atoms with E-state index in [2.05, 4.69) is 0 Å². The van der Waals surface area contributed by atoms with Crippen LogP contribution in [0.25, 0.3) is 5.76 Å². The van der Waals surface area contributed by atoms with Crippen LogP contribution < -0.4 is 4.74 Å². The van der Waals surface area contributed by atoms with E-state index in [1.807, 2.05) is 71.0 Å². The number of rotatable bonds is 6. The van der Waals surface area contributed by atoms with Crippen molar-refractivity contribution in [2.75, 3.05) is 13.7 Å². The molecular formula is C26H31NO4. The maximum absolute atomic E-state index is 13.1. The molecule has 0 radical (unpaired) electrons. The average Bonchev–Trinajstić information content (AvgIpc) is 2.98. The van der Waals surface area contributed by atoms with E-state index >= 15 is 0 Å². The second kappa shape index (κ2) is 8.96. The van der Waals surface area contributed by atoms with Crippen molar-refractivity contribution in [2.24, 2.45) is 0 Å². The molecule has 31 heavy (non-hydrogen) atoms. The minimum absolute atomic E-state index is 0.132. The average molecular weight is 422 g/mol. The highest BCUT2D eigenvalue weighted by Gasteiger charge is 2.46. The summed E-state index contributed by atoms with van der Waals surface area (Å²) in [5, 5.41) is 11.4. The van der Waals surface area contributed by atoms with Crippen molar-refractivity contribution in [3.8, 4) is 5.75 Å². The summed E-state index contributed by atoms with van der Waals surface area (Å²) in [4.78, 5) is 27.6. The standard InChI is InChI=1S/C26H31NO4/c1-7-12-27-23(18-11-9-8-10-16(18)4)22(25(29)26(27)30)24(28)20-14-19(15(2)3)21(31-6)13-17(20)5/h8-11,13-15,23,28H,7,12H2,1-6H3/b24-22+. The number of nitrogens with zero attached hydrogens (tertiary/aromatic N) is 1. The van der Waals surface area contributed by atoms with Crippen molar-refractivity contribution < 1.29 is 19.4 Å². The molecule has 0 bridgehead atoms. The number of aliphatic hydroxyl groups excluding tert-OH is 1. The van der Waals surface area contributed by atoms with Crippen LogP contribution in [0.15, 0.2) is 42.0 Å². The molecule has 1 fully saturated rings. The fraction of sp³-hybridized carbons (Fsp3) is 0.385. The highest BCUT2D eigenvalue weighted by molar-refractivity contribution is 6.46. The van der Waals surface area contributed by atoms with Gasteiger partial charge in [-0.2, -0.15) is 0 Å². The van der Waals surface area contributed by atoms with Gasteiger partial charge in [0.05, 0.1) is 18.7 Å². The van der Waals surface area contributed by atoms with Gasteiger partial charge in [-0.25, -0.2) is 0 Å². The molecule has 0 aliphatic carbocycles. The largest absolute Gasteiger partial charge is 0.507 e. The summed E-state index contributed by atoms with van der Waals surface area (Å²) >= 11 is 0. The predicted octanol–water partition coefficient (Wildman–Crippen LogP) is 5.27. The number of aryl methyl sites for hydroxylation is 2. The summed E-state index contributed by atoms with van der Waals surface area (Å²) in [6.45, 7) is 10.3. The van der Waals surface area contributed by atoms with Gasteiger partial charge in [0.25, 0.3) is 11.7 Å². The molecule has 1 aliphatic rings. The predicted molar refractivity (Wildman–Crippen MR) is 122 cm³/mol. The molecule has 1 N–H and O–H groups in total. The molecule has 1 atom stereocenters. The molecule has 0 spiro atoms. The highest BCUT2D eigenvalue weighted by atomic mass is 16.5. The van der Waals surface area contributed by atoms with Crippen molar-refractivity contribution in [1.82, 2.24) is 4.90 Å². The van der Waals surface area contributed by atoms with Crippen LogP contribution in [0.3, 0.4) is 0 Å². The zero-order valence-corrected chi connectivity index (χ0v) is 19.2. The fourth-order valence-corrected chi connectivity index (χ4v) is 4.29. The molecule has 5 heteroatoms. The van der Waals surface area contributed by atoms with Gasteiger partial charge in [-0.1, -0.05) is 45.0 Å². The second-order valence-electron chi connectivity index (χ2n) is 8.41. The molecule has 2 aromatic carbocycles. The van der Waals surface area contributed by atoms with Gasteiger partial charge in [0.1, 0.15) is 11.5 Å². The van der Waals surface area contributed by atoms with Crippen LogP contribution in [0.5, 0.6) is 5.75 Å². The quantitative estimate of drug-likeness (QED) is 0.392. The number of carbonyl (C=O) groups excluding carboxylic acids is 2. The third-order valence-electron chi connectivity index (χ3n) is 5.94. The van der Waals surface area contributed by atoms with Gasteiger partial charge < -0.3 is 14.7 Å². The molecule has 0 aromatic heterocycles. The summed E-state index contributed by atoms with van der Waals surface area (Å²) in [5.41, 5.74) is 4.24. The fourth-order valence-electron chi connectivity index (χ4n) is 4.29. The molecule has 1 unspecified atom stereocenters. The summed E-state index contributed by atoms with van der Waals surface area (Å²) in [6.07, 6.45) is 0.717. The lowest BCUT2D eigenvalue weighted by Gasteiger charge is -2.26. The highest BCUT2D eigenvalue weighted by Crippen LogP contribution is 2.42. The van der Waals surface area contributed by atoms with E-state index < -0.39 is 17.7 Å². The van der Waals surface area contributed by atoms with Gasteiger partial charge in [0, 0.05) is 12.1 Å². The van der Waals surface area contributed by atoms with Gasteiger partial charge in [0.2, 0.25) is 0 Å². The number of aliphatic hydroxyl groups is 1. The third-order valence-corrected chi connectivity index (χ3v) is 5.94. The lowest BCUT2D eigenvalue weighted by molar-refractivity contribution is -0.139. The zero-order valence-electron chi connectivity index (χ0n) is 19.2. The van der Waals surface area contributed by atoms with Crippen LogP contribution in [-0.2, 0) is 9.59 Å². The van der Waals surface area contributed by atoms with E-state index in [4.69, 9.17) is 4.74 Å². The Morgan fingerprint density at radius 3 is 2.39 bits per heavy atom. The number of carbonyl (C=O) groups is 2. The summed E-state index contributed by atoms with van der Waals surface area (Å²) in [6, 6.07) is 10.8. The van der Waals surface area contributed by atoms with E-state index in [-0.39, 0.29) is 17.3 Å². The molecule has 1 amide bonds. The van der Waals surface area contributed by atoms with Gasteiger partial charge in [0.15, 0.2) is 0 Å². The van der Waals surface area contributed by atoms with E-state index in [0.29, 0.717) is 18.5 Å². The third kappa shape index (κ3) is 3.97. The summed E-state index contributed by atoms with van der Waals surface area (Å²) < 4.78 is 5.51. The first-order valence-corrected chi connectivity index (χ1v) is 10.8. The Morgan fingerprint density at radius 2 is 1.81 bits per heavy atom. The molecule has 1 aliphatic heterocycles. The van der Waals surface area contributed by atoms with E-state index in [9.17, 15) is 14.7 Å². The normalized spacial score (nSPS) is 18.2. The van der Waals surface area contributed by atoms with Crippen molar-refractivity contribution in [3.63, 3.8) is 0 Å². The molecular weight excluding hydrogens is 390 g/mol. The van der Waals surface area contributed by atoms with Crippen LogP contribution in [0.1, 0.15) is 67.0 Å². The van der Waals surface area contributed by atoms with Gasteiger partial charge in [-0.05, 0) is 60.6 Å². The number of likely N-dealkylation sites (tertiary alicyclic amines) is 1. The first-order chi connectivity index (χ1) is 14.7. The van der Waals surface area contributed by atoms with Crippen LogP contribution in [0.4, 0.5) is 0 Å². The van der Waals surface area contributed by atoms with Crippen molar-refractivity contribution >= 4 is 17.4 Å². The summed E-state index contributed by atoms with van der Waals surface area (Å²) in [7, 11) is 1.62. The number of ether oxygens (including phenoxy) is 1. The molecule has 3 rings (SSSR count). The van der Waals surface area contributed by atoms with Crippen molar-refractivity contribution in [1.29, 1.82) is 0 Å². The Bertz CT molecular complexity index is 1050. The molecule has 1 saturated heterocycles. The Kier molecular flexibility index (Phi) is 6.54. The SMILES string of the molecule is CCCN1C(=O)C(=O)/C(=C(/O)c2cc(C(C)C)c(OC)cc2C)C1c1ccccc1C. The van der Waals surface area contributed by atoms with Gasteiger partial charge in [-0.3, -0.25) is 9.59 Å². The monoisotopic (exact) mass is 421 g/mol. The lowest BCUT2D eigenvalue weighted by Crippen LogP contribution is -2.30. The first-order valence-electron chi connectivity index (χ1n) is 10.8. The second-order valence-corrected chi connectivity index (χ2v) is 8.41. The Hall–Kier alpha value is -3.08. The smallest absolute Gasteiger partial charge is 0.295 e. The molecule has 164 valence electrons. The number of Topliss-reactive ketones (excluding diaryl/α,β-unsaturated/α-hetero) is 1. The maximum atomic E-state index is 13.1. The Labute approximate surface area is 184 Å². The van der Waals surface area contributed by atoms with E-state index in [1.54, 1.807) is 12.0 Å².